The van der Waals surface area contributed by atoms with Gasteiger partial charge in [0.15, 0.2) is 0 Å². The molecule has 2 fully saturated rings. The second kappa shape index (κ2) is 11.8. The minimum absolute atomic E-state index is 0.495. The van der Waals surface area contributed by atoms with Crippen LogP contribution >= 0.6 is 0 Å². The number of allylic oxidation sites excluding steroid dienone is 3. The van der Waals surface area contributed by atoms with Gasteiger partial charge in [0, 0.05) is 0 Å². The van der Waals surface area contributed by atoms with Crippen molar-refractivity contribution in [3.05, 3.63) is 24.5 Å². The molecule has 0 N–H and O–H groups in total. The molecule has 0 saturated heterocycles. The summed E-state index contributed by atoms with van der Waals surface area (Å²) in [6, 6.07) is 0. The first-order valence-corrected chi connectivity index (χ1v) is 10.8. The Labute approximate surface area is 150 Å². The molecular formula is C23H40O. The Morgan fingerprint density at radius 1 is 0.792 bits per heavy atom. The molecule has 24 heavy (non-hydrogen) atoms. The molecule has 0 spiro atoms. The van der Waals surface area contributed by atoms with Crippen LogP contribution in [0.25, 0.3) is 0 Å². The third-order valence-electron chi connectivity index (χ3n) is 6.13. The van der Waals surface area contributed by atoms with Crippen molar-refractivity contribution < 1.29 is 4.74 Å². The smallest absolute Gasteiger partial charge is 0.0978 e. The number of unbranched alkanes of at least 4 members (excludes halogenated alkanes) is 1. The van der Waals surface area contributed by atoms with Crippen molar-refractivity contribution in [1.82, 2.24) is 0 Å². The minimum atomic E-state index is 0.495. The Hall–Kier alpha value is -0.720. The van der Waals surface area contributed by atoms with Gasteiger partial charge in [-0.3, -0.25) is 0 Å². The van der Waals surface area contributed by atoms with Crippen molar-refractivity contribution in [3.8, 4) is 0 Å². The van der Waals surface area contributed by atoms with E-state index in [0.717, 1.165) is 24.2 Å². The topological polar surface area (TPSA) is 9.23 Å². The van der Waals surface area contributed by atoms with Crippen LogP contribution in [0.4, 0.5) is 0 Å². The summed E-state index contributed by atoms with van der Waals surface area (Å²) in [7, 11) is 0. The van der Waals surface area contributed by atoms with Gasteiger partial charge < -0.3 is 4.74 Å². The first-order valence-electron chi connectivity index (χ1n) is 10.8. The molecule has 0 aromatic rings. The van der Waals surface area contributed by atoms with Gasteiger partial charge >= 0.3 is 0 Å². The summed E-state index contributed by atoms with van der Waals surface area (Å²) < 4.78 is 5.83. The van der Waals surface area contributed by atoms with E-state index in [1.165, 1.54) is 77.0 Å². The lowest BCUT2D eigenvalue weighted by molar-refractivity contribution is 0.0839. The van der Waals surface area contributed by atoms with Crippen molar-refractivity contribution in [1.29, 1.82) is 0 Å². The van der Waals surface area contributed by atoms with Crippen molar-refractivity contribution in [2.75, 3.05) is 0 Å². The van der Waals surface area contributed by atoms with Gasteiger partial charge in [0.05, 0.1) is 12.4 Å². The fraction of sp³-hybridized carbons (Fsp3) is 0.826. The highest BCUT2D eigenvalue weighted by Gasteiger charge is 2.24. The molecule has 0 amide bonds. The lowest BCUT2D eigenvalue weighted by atomic mass is 9.77. The number of ether oxygens (including phenoxy) is 1. The van der Waals surface area contributed by atoms with Gasteiger partial charge in [0.1, 0.15) is 0 Å². The van der Waals surface area contributed by atoms with Gasteiger partial charge in [-0.25, -0.2) is 0 Å². The predicted molar refractivity (Wildman–Crippen MR) is 105 cm³/mol. The molecule has 0 aromatic carbocycles. The monoisotopic (exact) mass is 332 g/mol. The standard InChI is InChI=1S/C23H40O/c1-3-5-7-8-20-9-11-21(12-10-20)13-14-22-15-17-23(18-16-22)24-19-6-4-2/h6-8,19-23H,3-5,9-18H2,1-2H3/b8-7+,19-6+/t20-,21-,22-,23-. The summed E-state index contributed by atoms with van der Waals surface area (Å²) in [5, 5.41) is 0. The van der Waals surface area contributed by atoms with Crippen LogP contribution in [0.2, 0.25) is 0 Å². The molecule has 2 aliphatic rings. The maximum atomic E-state index is 5.83. The molecular weight excluding hydrogens is 292 g/mol. The summed E-state index contributed by atoms with van der Waals surface area (Å²) in [4.78, 5) is 0. The van der Waals surface area contributed by atoms with E-state index in [9.17, 15) is 0 Å². The summed E-state index contributed by atoms with van der Waals surface area (Å²) in [6.45, 7) is 4.43. The molecule has 0 heterocycles. The Balaban J connectivity index is 1.55. The number of hydrogen-bond donors (Lipinski definition) is 0. The quantitative estimate of drug-likeness (QED) is 0.315. The second-order valence-electron chi connectivity index (χ2n) is 8.13. The molecule has 0 aromatic heterocycles. The molecule has 1 heteroatoms. The van der Waals surface area contributed by atoms with Crippen LogP contribution in [0.5, 0.6) is 0 Å². The van der Waals surface area contributed by atoms with E-state index in [4.69, 9.17) is 4.74 Å². The molecule has 2 saturated carbocycles. The summed E-state index contributed by atoms with van der Waals surface area (Å²) in [6.07, 6.45) is 27.2. The number of rotatable bonds is 9. The van der Waals surface area contributed by atoms with Gasteiger partial charge in [-0.2, -0.15) is 0 Å². The molecule has 0 unspecified atom stereocenters. The molecule has 0 radical (unpaired) electrons. The maximum Gasteiger partial charge on any atom is 0.0978 e. The lowest BCUT2D eigenvalue weighted by Crippen LogP contribution is -2.21. The van der Waals surface area contributed by atoms with Crippen molar-refractivity contribution in [3.63, 3.8) is 0 Å². The normalized spacial score (nSPS) is 31.8. The fourth-order valence-corrected chi connectivity index (χ4v) is 4.42. The van der Waals surface area contributed by atoms with Crippen molar-refractivity contribution in [2.45, 2.75) is 103 Å². The zero-order valence-electron chi connectivity index (χ0n) is 16.2. The van der Waals surface area contributed by atoms with Crippen LogP contribution in [0.15, 0.2) is 24.5 Å². The van der Waals surface area contributed by atoms with Gasteiger partial charge in [-0.15, -0.1) is 0 Å². The van der Waals surface area contributed by atoms with Gasteiger partial charge in [-0.1, -0.05) is 51.3 Å². The zero-order valence-corrected chi connectivity index (χ0v) is 16.2. The van der Waals surface area contributed by atoms with Crippen LogP contribution in [0, 0.1) is 17.8 Å². The number of hydrogen-bond acceptors (Lipinski definition) is 1. The zero-order chi connectivity index (χ0) is 17.0. The van der Waals surface area contributed by atoms with Crippen LogP contribution in [-0.4, -0.2) is 6.10 Å². The van der Waals surface area contributed by atoms with Crippen LogP contribution < -0.4 is 0 Å². The van der Waals surface area contributed by atoms with E-state index in [0.29, 0.717) is 6.10 Å². The lowest BCUT2D eigenvalue weighted by Gasteiger charge is -2.31. The fourth-order valence-electron chi connectivity index (χ4n) is 4.42. The highest BCUT2D eigenvalue weighted by atomic mass is 16.5. The molecule has 0 aliphatic heterocycles. The molecule has 0 atom stereocenters. The van der Waals surface area contributed by atoms with E-state index in [1.807, 2.05) is 6.26 Å². The minimum Gasteiger partial charge on any atom is -0.498 e. The third kappa shape index (κ3) is 7.45. The van der Waals surface area contributed by atoms with E-state index in [1.54, 1.807) is 0 Å². The maximum absolute atomic E-state index is 5.83. The van der Waals surface area contributed by atoms with Gasteiger partial charge in [-0.05, 0) is 82.0 Å². The van der Waals surface area contributed by atoms with Crippen molar-refractivity contribution in [2.24, 2.45) is 17.8 Å². The Morgan fingerprint density at radius 2 is 1.42 bits per heavy atom. The highest BCUT2D eigenvalue weighted by Crippen LogP contribution is 2.36. The average molecular weight is 333 g/mol. The second-order valence-corrected chi connectivity index (χ2v) is 8.13. The molecule has 138 valence electrons. The third-order valence-corrected chi connectivity index (χ3v) is 6.13. The Kier molecular flexibility index (Phi) is 9.61. The van der Waals surface area contributed by atoms with E-state index in [2.05, 4.69) is 32.1 Å². The summed E-state index contributed by atoms with van der Waals surface area (Å²) in [5.74, 6) is 2.88. The van der Waals surface area contributed by atoms with Gasteiger partial charge in [0.25, 0.3) is 0 Å². The first kappa shape index (κ1) is 19.6. The van der Waals surface area contributed by atoms with E-state index in [-0.39, 0.29) is 0 Å². The summed E-state index contributed by atoms with van der Waals surface area (Å²) >= 11 is 0. The highest BCUT2D eigenvalue weighted by molar-refractivity contribution is 4.91. The SMILES string of the molecule is CC/C=C/O[C@H]1CC[C@H](CC[C@H]2CC[C@H](/C=C/CCC)CC2)CC1. The average Bonchev–Trinajstić information content (AvgIpc) is 2.63. The first-order chi connectivity index (χ1) is 11.8. The Bertz CT molecular complexity index is 354. The molecule has 2 aliphatic carbocycles. The molecule has 2 rings (SSSR count). The molecule has 1 nitrogen and oxygen atoms in total. The van der Waals surface area contributed by atoms with Crippen LogP contribution in [0.1, 0.15) is 97.3 Å². The Morgan fingerprint density at radius 3 is 2.00 bits per heavy atom. The van der Waals surface area contributed by atoms with Crippen molar-refractivity contribution >= 4 is 0 Å². The van der Waals surface area contributed by atoms with Gasteiger partial charge in [0.2, 0.25) is 0 Å². The largest absolute Gasteiger partial charge is 0.498 e. The van der Waals surface area contributed by atoms with Crippen LogP contribution in [0.3, 0.4) is 0 Å². The predicted octanol–water partition coefficient (Wildman–Crippen LogP) is 7.43. The summed E-state index contributed by atoms with van der Waals surface area (Å²) in [5.41, 5.74) is 0. The van der Waals surface area contributed by atoms with E-state index >= 15 is 0 Å². The molecule has 0 bridgehead atoms. The van der Waals surface area contributed by atoms with Crippen LogP contribution in [-0.2, 0) is 4.74 Å². The van der Waals surface area contributed by atoms with E-state index < -0.39 is 0 Å².